The van der Waals surface area contributed by atoms with Gasteiger partial charge in [-0.25, -0.2) is 0 Å². The predicted molar refractivity (Wildman–Crippen MR) is 48.4 cm³/mol. The molecule has 2 aliphatic heterocycles. The summed E-state index contributed by atoms with van der Waals surface area (Å²) in [4.78, 5) is 13.6. The summed E-state index contributed by atoms with van der Waals surface area (Å²) in [5.74, 6) is -0.0336. The third-order valence-corrected chi connectivity index (χ3v) is 2.86. The highest BCUT2D eigenvalue weighted by atomic mass is 16.5. The maximum atomic E-state index is 11.3. The predicted octanol–water partition coefficient (Wildman–Crippen LogP) is -0.404. The molecule has 13 heavy (non-hydrogen) atoms. The van der Waals surface area contributed by atoms with Crippen LogP contribution in [0.3, 0.4) is 0 Å². The smallest absolute Gasteiger partial charge is 0.323 e. The standard InChI is InChI=1S/C9H16N2O2/c1-7-6-10-3-4-11(7)8-2-5-13-9(8)12/h7-8,10H,2-6H2,1H3/t7-,8?/m1/s1. The lowest BCUT2D eigenvalue weighted by Gasteiger charge is -2.36. The zero-order chi connectivity index (χ0) is 9.26. The van der Waals surface area contributed by atoms with Crippen LogP contribution in [-0.2, 0) is 9.53 Å². The SMILES string of the molecule is C[C@@H]1CNCCN1C1CCOC1=O. The fourth-order valence-corrected chi connectivity index (χ4v) is 2.11. The molecule has 0 amide bonds. The first kappa shape index (κ1) is 8.97. The van der Waals surface area contributed by atoms with Crippen molar-refractivity contribution in [2.24, 2.45) is 0 Å². The Morgan fingerprint density at radius 3 is 3.08 bits per heavy atom. The van der Waals surface area contributed by atoms with Gasteiger partial charge in [-0.15, -0.1) is 0 Å². The molecule has 4 heteroatoms. The number of ether oxygens (including phenoxy) is 1. The average molecular weight is 184 g/mol. The number of hydrogen-bond acceptors (Lipinski definition) is 4. The minimum atomic E-state index is -0.0336. The molecule has 0 bridgehead atoms. The molecule has 2 rings (SSSR count). The van der Waals surface area contributed by atoms with Gasteiger partial charge in [0.2, 0.25) is 0 Å². The number of piperazine rings is 1. The van der Waals surface area contributed by atoms with Gasteiger partial charge >= 0.3 is 5.97 Å². The van der Waals surface area contributed by atoms with Crippen LogP contribution in [0.25, 0.3) is 0 Å². The van der Waals surface area contributed by atoms with Crippen LogP contribution in [0.2, 0.25) is 0 Å². The molecule has 2 heterocycles. The van der Waals surface area contributed by atoms with Crippen LogP contribution in [0.15, 0.2) is 0 Å². The topological polar surface area (TPSA) is 41.6 Å². The summed E-state index contributed by atoms with van der Waals surface area (Å²) in [6, 6.07) is 0.474. The van der Waals surface area contributed by atoms with Crippen molar-refractivity contribution in [3.05, 3.63) is 0 Å². The van der Waals surface area contributed by atoms with Crippen LogP contribution in [0.1, 0.15) is 13.3 Å². The molecular formula is C9H16N2O2. The fourth-order valence-electron chi connectivity index (χ4n) is 2.11. The lowest BCUT2D eigenvalue weighted by atomic mass is 10.1. The first-order valence-electron chi connectivity index (χ1n) is 4.92. The van der Waals surface area contributed by atoms with Gasteiger partial charge in [0.05, 0.1) is 6.61 Å². The zero-order valence-electron chi connectivity index (χ0n) is 7.95. The summed E-state index contributed by atoms with van der Waals surface area (Å²) in [5, 5.41) is 3.31. The van der Waals surface area contributed by atoms with Gasteiger partial charge in [-0.1, -0.05) is 0 Å². The summed E-state index contributed by atoms with van der Waals surface area (Å²) in [5.41, 5.74) is 0. The minimum absolute atomic E-state index is 0.0251. The molecule has 2 aliphatic rings. The molecule has 0 aliphatic carbocycles. The van der Waals surface area contributed by atoms with Crippen molar-refractivity contribution >= 4 is 5.97 Å². The highest BCUT2D eigenvalue weighted by Gasteiger charge is 2.35. The fraction of sp³-hybridized carbons (Fsp3) is 0.889. The van der Waals surface area contributed by atoms with E-state index in [1.54, 1.807) is 0 Å². The van der Waals surface area contributed by atoms with E-state index < -0.39 is 0 Å². The Balaban J connectivity index is 2.01. The van der Waals surface area contributed by atoms with Crippen LogP contribution in [0.5, 0.6) is 0 Å². The van der Waals surface area contributed by atoms with Crippen LogP contribution >= 0.6 is 0 Å². The highest BCUT2D eigenvalue weighted by molar-refractivity contribution is 5.77. The van der Waals surface area contributed by atoms with E-state index in [4.69, 9.17) is 4.74 Å². The van der Waals surface area contributed by atoms with Gasteiger partial charge < -0.3 is 10.1 Å². The average Bonchev–Trinajstić information content (AvgIpc) is 2.52. The first-order valence-corrected chi connectivity index (χ1v) is 4.92. The molecule has 0 spiro atoms. The number of nitrogens with zero attached hydrogens (tertiary/aromatic N) is 1. The molecule has 2 saturated heterocycles. The maximum absolute atomic E-state index is 11.3. The molecule has 0 aromatic heterocycles. The van der Waals surface area contributed by atoms with E-state index in [-0.39, 0.29) is 12.0 Å². The minimum Gasteiger partial charge on any atom is -0.464 e. The van der Waals surface area contributed by atoms with Crippen molar-refractivity contribution in [3.63, 3.8) is 0 Å². The maximum Gasteiger partial charge on any atom is 0.323 e. The largest absolute Gasteiger partial charge is 0.464 e. The third kappa shape index (κ3) is 1.69. The molecule has 74 valence electrons. The number of nitrogens with one attached hydrogen (secondary N) is 1. The van der Waals surface area contributed by atoms with Gasteiger partial charge in [-0.2, -0.15) is 0 Å². The zero-order valence-corrected chi connectivity index (χ0v) is 7.95. The van der Waals surface area contributed by atoms with Crippen molar-refractivity contribution in [2.45, 2.75) is 25.4 Å². The van der Waals surface area contributed by atoms with Crippen molar-refractivity contribution in [3.8, 4) is 0 Å². The molecule has 0 radical (unpaired) electrons. The monoisotopic (exact) mass is 184 g/mol. The van der Waals surface area contributed by atoms with Gasteiger partial charge in [-0.3, -0.25) is 9.69 Å². The Morgan fingerprint density at radius 1 is 1.62 bits per heavy atom. The summed E-state index contributed by atoms with van der Waals surface area (Å²) in [6.07, 6.45) is 0.864. The van der Waals surface area contributed by atoms with E-state index in [0.717, 1.165) is 26.1 Å². The quantitative estimate of drug-likeness (QED) is 0.563. The highest BCUT2D eigenvalue weighted by Crippen LogP contribution is 2.17. The van der Waals surface area contributed by atoms with Gasteiger partial charge in [0.1, 0.15) is 6.04 Å². The van der Waals surface area contributed by atoms with Gasteiger partial charge in [0.25, 0.3) is 0 Å². The molecule has 1 N–H and O–H groups in total. The van der Waals surface area contributed by atoms with E-state index in [0.29, 0.717) is 12.6 Å². The Kier molecular flexibility index (Phi) is 2.51. The summed E-state index contributed by atoms with van der Waals surface area (Å²) < 4.78 is 4.97. The molecule has 0 aromatic carbocycles. The van der Waals surface area contributed by atoms with Gasteiger partial charge in [0, 0.05) is 32.1 Å². The number of cyclic esters (lactones) is 1. The number of carbonyl (C=O) groups excluding carboxylic acids is 1. The van der Waals surface area contributed by atoms with E-state index in [1.165, 1.54) is 0 Å². The number of rotatable bonds is 1. The Bertz CT molecular complexity index is 208. The lowest BCUT2D eigenvalue weighted by Crippen LogP contribution is -2.55. The van der Waals surface area contributed by atoms with Crippen molar-refractivity contribution in [1.82, 2.24) is 10.2 Å². The second-order valence-electron chi connectivity index (χ2n) is 3.76. The van der Waals surface area contributed by atoms with Crippen LogP contribution in [-0.4, -0.2) is 49.2 Å². The molecule has 2 fully saturated rings. The summed E-state index contributed by atoms with van der Waals surface area (Å²) >= 11 is 0. The van der Waals surface area contributed by atoms with Crippen molar-refractivity contribution < 1.29 is 9.53 Å². The van der Waals surface area contributed by atoms with Crippen LogP contribution in [0, 0.1) is 0 Å². The Morgan fingerprint density at radius 2 is 2.46 bits per heavy atom. The number of hydrogen-bond donors (Lipinski definition) is 1. The Labute approximate surface area is 78.2 Å². The van der Waals surface area contributed by atoms with Crippen molar-refractivity contribution in [2.75, 3.05) is 26.2 Å². The molecule has 0 aromatic rings. The number of esters is 1. The third-order valence-electron chi connectivity index (χ3n) is 2.86. The van der Waals surface area contributed by atoms with Gasteiger partial charge in [-0.05, 0) is 6.92 Å². The van der Waals surface area contributed by atoms with E-state index >= 15 is 0 Å². The normalized spacial score (nSPS) is 36.2. The summed E-state index contributed by atoms with van der Waals surface area (Å²) in [7, 11) is 0. The van der Waals surface area contributed by atoms with Gasteiger partial charge in [0.15, 0.2) is 0 Å². The lowest BCUT2D eigenvalue weighted by molar-refractivity contribution is -0.143. The molecule has 4 nitrogen and oxygen atoms in total. The second-order valence-corrected chi connectivity index (χ2v) is 3.76. The molecule has 2 atom stereocenters. The van der Waals surface area contributed by atoms with E-state index in [2.05, 4.69) is 17.1 Å². The van der Waals surface area contributed by atoms with E-state index in [9.17, 15) is 4.79 Å². The summed E-state index contributed by atoms with van der Waals surface area (Å²) in [6.45, 7) is 5.66. The number of carbonyl (C=O) groups is 1. The van der Waals surface area contributed by atoms with Crippen LogP contribution < -0.4 is 5.32 Å². The first-order chi connectivity index (χ1) is 6.29. The molecule has 1 unspecified atom stereocenters. The Hall–Kier alpha value is -0.610. The van der Waals surface area contributed by atoms with Crippen molar-refractivity contribution in [1.29, 1.82) is 0 Å². The molecule has 0 saturated carbocycles. The van der Waals surface area contributed by atoms with E-state index in [1.807, 2.05) is 0 Å². The van der Waals surface area contributed by atoms with Crippen LogP contribution in [0.4, 0.5) is 0 Å². The molecular weight excluding hydrogens is 168 g/mol. The second kappa shape index (κ2) is 3.64.